The van der Waals surface area contributed by atoms with E-state index in [-0.39, 0.29) is 11.6 Å². The molecule has 0 saturated carbocycles. The molecule has 0 heterocycles. The van der Waals surface area contributed by atoms with Gasteiger partial charge in [0, 0.05) is 11.6 Å². The smallest absolute Gasteiger partial charge is 0.166 e. The van der Waals surface area contributed by atoms with Crippen LogP contribution in [0.25, 0.3) is 0 Å². The third-order valence-electron chi connectivity index (χ3n) is 3.01. The molecule has 2 rings (SSSR count). The topological polar surface area (TPSA) is 21.3 Å². The van der Waals surface area contributed by atoms with Gasteiger partial charge in [-0.25, -0.2) is 4.39 Å². The fraction of sp³-hybridized carbons (Fsp3) is 0.250. The Morgan fingerprint density at radius 3 is 2.35 bits per heavy atom. The third kappa shape index (κ3) is 3.30. The van der Waals surface area contributed by atoms with Crippen molar-refractivity contribution >= 4 is 11.6 Å². The molecule has 20 heavy (non-hydrogen) atoms. The summed E-state index contributed by atoms with van der Waals surface area (Å²) < 4.78 is 19.6. The molecule has 4 heteroatoms. The predicted molar refractivity (Wildman–Crippen MR) is 80.2 cm³/mol. The molecule has 0 radical (unpaired) electrons. The van der Waals surface area contributed by atoms with E-state index >= 15 is 0 Å². The number of benzene rings is 2. The highest BCUT2D eigenvalue weighted by molar-refractivity contribution is 6.32. The quantitative estimate of drug-likeness (QED) is 0.889. The fourth-order valence-corrected chi connectivity index (χ4v) is 2.14. The van der Waals surface area contributed by atoms with Crippen LogP contribution in [0.5, 0.6) is 11.5 Å². The number of hydrogen-bond acceptors (Lipinski definition) is 2. The molecule has 0 atom stereocenters. The molecule has 0 aromatic heterocycles. The maximum Gasteiger partial charge on any atom is 0.166 e. The molecule has 0 amide bonds. The zero-order valence-electron chi connectivity index (χ0n) is 11.8. The van der Waals surface area contributed by atoms with E-state index in [9.17, 15) is 4.39 Å². The Balaban J connectivity index is 2.26. The van der Waals surface area contributed by atoms with E-state index in [1.807, 2.05) is 27.0 Å². The van der Waals surface area contributed by atoms with E-state index in [1.165, 1.54) is 6.07 Å². The molecule has 0 fully saturated rings. The maximum absolute atomic E-state index is 14.0. The number of nitrogens with one attached hydrogen (secondary N) is 1. The fourth-order valence-electron chi connectivity index (χ4n) is 2.03. The molecule has 0 aliphatic carbocycles. The lowest BCUT2D eigenvalue weighted by atomic mass is 10.1. The molecule has 0 spiro atoms. The van der Waals surface area contributed by atoms with Crippen LogP contribution in [-0.4, -0.2) is 7.05 Å². The van der Waals surface area contributed by atoms with Crippen molar-refractivity contribution < 1.29 is 9.13 Å². The summed E-state index contributed by atoms with van der Waals surface area (Å²) in [5.74, 6) is 0.429. The van der Waals surface area contributed by atoms with E-state index in [1.54, 1.807) is 18.2 Å². The normalized spacial score (nSPS) is 10.7. The highest BCUT2D eigenvalue weighted by Gasteiger charge is 2.08. The Hall–Kier alpha value is -1.58. The van der Waals surface area contributed by atoms with Crippen molar-refractivity contribution in [3.05, 3.63) is 57.9 Å². The van der Waals surface area contributed by atoms with Gasteiger partial charge in [-0.1, -0.05) is 17.7 Å². The largest absolute Gasteiger partial charge is 0.454 e. The summed E-state index contributed by atoms with van der Waals surface area (Å²) in [6.45, 7) is 4.42. The van der Waals surface area contributed by atoms with Crippen LogP contribution in [0.15, 0.2) is 30.3 Å². The third-order valence-corrected chi connectivity index (χ3v) is 3.61. The molecule has 0 saturated heterocycles. The molecule has 0 bridgehead atoms. The van der Waals surface area contributed by atoms with E-state index in [0.29, 0.717) is 17.3 Å². The zero-order chi connectivity index (χ0) is 14.7. The molecule has 0 aliphatic rings. The summed E-state index contributed by atoms with van der Waals surface area (Å²) >= 11 is 6.10. The Morgan fingerprint density at radius 1 is 1.15 bits per heavy atom. The average Bonchev–Trinajstić information content (AvgIpc) is 2.39. The Labute approximate surface area is 123 Å². The van der Waals surface area contributed by atoms with Crippen molar-refractivity contribution in [1.82, 2.24) is 5.32 Å². The number of halogens is 2. The Morgan fingerprint density at radius 2 is 1.80 bits per heavy atom. The molecular formula is C16H17ClFNO. The molecule has 0 unspecified atom stereocenters. The van der Waals surface area contributed by atoms with Crippen molar-refractivity contribution in [2.24, 2.45) is 0 Å². The monoisotopic (exact) mass is 293 g/mol. The first kappa shape index (κ1) is 14.8. The van der Waals surface area contributed by atoms with Gasteiger partial charge in [0.1, 0.15) is 5.75 Å². The van der Waals surface area contributed by atoms with Crippen molar-refractivity contribution in [2.75, 3.05) is 7.05 Å². The van der Waals surface area contributed by atoms with E-state index in [4.69, 9.17) is 16.3 Å². The molecule has 2 aromatic rings. The van der Waals surface area contributed by atoms with Crippen molar-refractivity contribution in [3.63, 3.8) is 0 Å². The predicted octanol–water partition coefficient (Wildman–Crippen LogP) is 4.61. The maximum atomic E-state index is 14.0. The standard InChI is InChI=1S/C16H17ClFNO/c1-10-6-13(7-11(2)16(10)17)20-15-5-4-12(9-19-3)8-14(15)18/h4-8,19H,9H2,1-3H3. The van der Waals surface area contributed by atoms with E-state index < -0.39 is 0 Å². The first-order valence-electron chi connectivity index (χ1n) is 6.39. The van der Waals surface area contributed by atoms with Crippen LogP contribution in [0.2, 0.25) is 5.02 Å². The van der Waals surface area contributed by atoms with Crippen LogP contribution in [0, 0.1) is 19.7 Å². The number of aryl methyl sites for hydroxylation is 2. The van der Waals surface area contributed by atoms with Gasteiger partial charge in [0.15, 0.2) is 11.6 Å². The summed E-state index contributed by atoms with van der Waals surface area (Å²) in [6, 6.07) is 8.56. The number of ether oxygens (including phenoxy) is 1. The van der Waals surface area contributed by atoms with Gasteiger partial charge in [-0.3, -0.25) is 0 Å². The van der Waals surface area contributed by atoms with Crippen LogP contribution in [-0.2, 0) is 6.54 Å². The van der Waals surface area contributed by atoms with Gasteiger partial charge >= 0.3 is 0 Å². The zero-order valence-corrected chi connectivity index (χ0v) is 12.5. The van der Waals surface area contributed by atoms with Gasteiger partial charge in [0.05, 0.1) is 0 Å². The van der Waals surface area contributed by atoms with Crippen molar-refractivity contribution in [3.8, 4) is 11.5 Å². The molecule has 2 nitrogen and oxygen atoms in total. The molecular weight excluding hydrogens is 277 g/mol. The molecule has 1 N–H and O–H groups in total. The van der Waals surface area contributed by atoms with Crippen molar-refractivity contribution in [1.29, 1.82) is 0 Å². The lowest BCUT2D eigenvalue weighted by Gasteiger charge is -2.11. The summed E-state index contributed by atoms with van der Waals surface area (Å²) in [4.78, 5) is 0. The van der Waals surface area contributed by atoms with Gasteiger partial charge in [0.2, 0.25) is 0 Å². The average molecular weight is 294 g/mol. The first-order valence-corrected chi connectivity index (χ1v) is 6.76. The van der Waals surface area contributed by atoms with Crippen LogP contribution in [0.1, 0.15) is 16.7 Å². The molecule has 106 valence electrons. The molecule has 2 aromatic carbocycles. The second-order valence-corrected chi connectivity index (χ2v) is 5.15. The highest BCUT2D eigenvalue weighted by Crippen LogP contribution is 2.30. The van der Waals surface area contributed by atoms with Gasteiger partial charge < -0.3 is 10.1 Å². The lowest BCUT2D eigenvalue weighted by Crippen LogP contribution is -2.05. The SMILES string of the molecule is CNCc1ccc(Oc2cc(C)c(Cl)c(C)c2)c(F)c1. The second kappa shape index (κ2) is 6.25. The van der Waals surface area contributed by atoms with Gasteiger partial charge in [-0.05, 0) is 61.9 Å². The van der Waals surface area contributed by atoms with Crippen LogP contribution in [0.3, 0.4) is 0 Å². The minimum absolute atomic E-state index is 0.214. The summed E-state index contributed by atoms with van der Waals surface area (Å²) in [7, 11) is 1.82. The van der Waals surface area contributed by atoms with Crippen LogP contribution >= 0.6 is 11.6 Å². The van der Waals surface area contributed by atoms with Crippen LogP contribution in [0.4, 0.5) is 4.39 Å². The highest BCUT2D eigenvalue weighted by atomic mass is 35.5. The molecule has 0 aliphatic heterocycles. The minimum atomic E-state index is -0.372. The number of hydrogen-bond donors (Lipinski definition) is 1. The van der Waals surface area contributed by atoms with Gasteiger partial charge in [-0.2, -0.15) is 0 Å². The minimum Gasteiger partial charge on any atom is -0.454 e. The first-order chi connectivity index (χ1) is 9.51. The Kier molecular flexibility index (Phi) is 4.63. The second-order valence-electron chi connectivity index (χ2n) is 4.77. The number of rotatable bonds is 4. The van der Waals surface area contributed by atoms with E-state index in [0.717, 1.165) is 16.7 Å². The van der Waals surface area contributed by atoms with Gasteiger partial charge in [-0.15, -0.1) is 0 Å². The van der Waals surface area contributed by atoms with E-state index in [2.05, 4.69) is 5.32 Å². The Bertz CT molecular complexity index is 605. The lowest BCUT2D eigenvalue weighted by molar-refractivity contribution is 0.441. The van der Waals surface area contributed by atoms with Crippen LogP contribution < -0.4 is 10.1 Å². The van der Waals surface area contributed by atoms with Crippen molar-refractivity contribution in [2.45, 2.75) is 20.4 Å². The summed E-state index contributed by atoms with van der Waals surface area (Å²) in [5.41, 5.74) is 2.70. The summed E-state index contributed by atoms with van der Waals surface area (Å²) in [6.07, 6.45) is 0. The van der Waals surface area contributed by atoms with Gasteiger partial charge in [0.25, 0.3) is 0 Å². The summed E-state index contributed by atoms with van der Waals surface area (Å²) in [5, 5.41) is 3.69.